The van der Waals surface area contributed by atoms with Gasteiger partial charge in [-0.2, -0.15) is 5.10 Å². The number of hydrogen-bond acceptors (Lipinski definition) is 4. The maximum Gasteiger partial charge on any atom is 0.137 e. The maximum atomic E-state index is 15.5. The summed E-state index contributed by atoms with van der Waals surface area (Å²) in [5.41, 5.74) is 2.33. The standard InChI is InChI=1S/C25H33FN4O/c1-18-4-6-21(7-5-18)20(3)25(31,15-30-17-27-16-28-30)23-9-8-22(14-24(23)26)29-12-10-19(2)11-13-29/h8-9,14,16-17,20-21,31H,1-2,4-7,10-13,15H2,3H3/t20-,25+/m0/s1. The zero-order valence-electron chi connectivity index (χ0n) is 18.4. The summed E-state index contributed by atoms with van der Waals surface area (Å²) in [5, 5.41) is 16.2. The summed E-state index contributed by atoms with van der Waals surface area (Å²) >= 11 is 0. The molecule has 1 saturated heterocycles. The molecule has 1 N–H and O–H groups in total. The van der Waals surface area contributed by atoms with E-state index in [0.717, 1.165) is 57.3 Å². The molecule has 0 spiro atoms. The molecule has 1 aliphatic carbocycles. The first-order valence-electron chi connectivity index (χ1n) is 11.3. The van der Waals surface area contributed by atoms with Gasteiger partial charge >= 0.3 is 0 Å². The highest BCUT2D eigenvalue weighted by molar-refractivity contribution is 5.50. The number of benzene rings is 1. The van der Waals surface area contributed by atoms with Gasteiger partial charge in [0.1, 0.15) is 24.1 Å². The van der Waals surface area contributed by atoms with Gasteiger partial charge in [-0.1, -0.05) is 37.3 Å². The molecule has 4 rings (SSSR count). The SMILES string of the molecule is C=C1CCC([C@H](C)[C@](O)(Cn2cncn2)c2ccc(N3CCC(=C)CC3)cc2F)CC1. The van der Waals surface area contributed by atoms with Crippen LogP contribution in [0.1, 0.15) is 51.0 Å². The lowest BCUT2D eigenvalue weighted by molar-refractivity contribution is -0.0644. The Labute approximate surface area is 184 Å². The molecule has 1 saturated carbocycles. The van der Waals surface area contributed by atoms with Crippen molar-refractivity contribution >= 4 is 5.69 Å². The predicted molar refractivity (Wildman–Crippen MR) is 121 cm³/mol. The molecule has 2 fully saturated rings. The Bertz CT molecular complexity index is 921. The molecule has 1 aliphatic heterocycles. The lowest BCUT2D eigenvalue weighted by Gasteiger charge is -2.41. The van der Waals surface area contributed by atoms with Gasteiger partial charge in [0.25, 0.3) is 0 Å². The molecule has 1 aromatic carbocycles. The number of allylic oxidation sites excluding steroid dienone is 1. The average molecular weight is 425 g/mol. The molecule has 31 heavy (non-hydrogen) atoms. The van der Waals surface area contributed by atoms with Gasteiger partial charge in [0.15, 0.2) is 0 Å². The Balaban J connectivity index is 1.64. The van der Waals surface area contributed by atoms with E-state index in [9.17, 15) is 5.11 Å². The van der Waals surface area contributed by atoms with E-state index >= 15 is 4.39 Å². The Kier molecular flexibility index (Phi) is 6.28. The van der Waals surface area contributed by atoms with E-state index in [2.05, 4.69) is 28.1 Å². The molecule has 0 radical (unpaired) electrons. The molecule has 6 heteroatoms. The second-order valence-electron chi connectivity index (χ2n) is 9.29. The predicted octanol–water partition coefficient (Wildman–Crippen LogP) is 4.84. The largest absolute Gasteiger partial charge is 0.383 e. The molecular formula is C25H33FN4O. The molecular weight excluding hydrogens is 391 g/mol. The van der Waals surface area contributed by atoms with Crippen molar-refractivity contribution in [1.82, 2.24) is 14.8 Å². The van der Waals surface area contributed by atoms with E-state index in [1.165, 1.54) is 17.5 Å². The van der Waals surface area contributed by atoms with Gasteiger partial charge in [0.05, 0.1) is 6.54 Å². The van der Waals surface area contributed by atoms with Crippen LogP contribution < -0.4 is 4.90 Å². The van der Waals surface area contributed by atoms with E-state index in [-0.39, 0.29) is 18.3 Å². The molecule has 0 unspecified atom stereocenters. The van der Waals surface area contributed by atoms with Crippen molar-refractivity contribution in [2.45, 2.75) is 57.6 Å². The topological polar surface area (TPSA) is 54.2 Å². The minimum atomic E-state index is -1.38. The minimum Gasteiger partial charge on any atom is -0.383 e. The maximum absolute atomic E-state index is 15.5. The summed E-state index contributed by atoms with van der Waals surface area (Å²) in [6, 6.07) is 5.28. The van der Waals surface area contributed by atoms with Crippen molar-refractivity contribution in [2.75, 3.05) is 18.0 Å². The van der Waals surface area contributed by atoms with Crippen LogP contribution in [0.5, 0.6) is 0 Å². The Morgan fingerprint density at radius 3 is 2.45 bits per heavy atom. The number of aliphatic hydroxyl groups is 1. The number of piperidine rings is 1. The summed E-state index contributed by atoms with van der Waals surface area (Å²) in [6.07, 6.45) is 8.76. The number of anilines is 1. The van der Waals surface area contributed by atoms with Crippen LogP contribution in [0.2, 0.25) is 0 Å². The van der Waals surface area contributed by atoms with Gasteiger partial charge in [0.2, 0.25) is 0 Å². The van der Waals surface area contributed by atoms with Crippen LogP contribution in [0.4, 0.5) is 10.1 Å². The van der Waals surface area contributed by atoms with Crippen molar-refractivity contribution in [2.24, 2.45) is 11.8 Å². The van der Waals surface area contributed by atoms with Crippen LogP contribution in [0.3, 0.4) is 0 Å². The Morgan fingerprint density at radius 2 is 1.84 bits per heavy atom. The summed E-state index contributed by atoms with van der Waals surface area (Å²) in [7, 11) is 0. The minimum absolute atomic E-state index is 0.136. The highest BCUT2D eigenvalue weighted by Gasteiger charge is 2.43. The van der Waals surface area contributed by atoms with E-state index in [1.807, 2.05) is 13.0 Å². The second kappa shape index (κ2) is 8.95. The first-order valence-corrected chi connectivity index (χ1v) is 11.3. The van der Waals surface area contributed by atoms with Crippen molar-refractivity contribution in [3.63, 3.8) is 0 Å². The molecule has 2 atom stereocenters. The van der Waals surface area contributed by atoms with Gasteiger partial charge in [-0.3, -0.25) is 0 Å². The van der Waals surface area contributed by atoms with Crippen molar-refractivity contribution in [3.8, 4) is 0 Å². The summed E-state index contributed by atoms with van der Waals surface area (Å²) in [4.78, 5) is 6.20. The summed E-state index contributed by atoms with van der Waals surface area (Å²) in [5.74, 6) is -0.203. The van der Waals surface area contributed by atoms with Gasteiger partial charge in [-0.25, -0.2) is 14.1 Å². The average Bonchev–Trinajstić information content (AvgIpc) is 3.27. The molecule has 0 bridgehead atoms. The summed E-state index contributed by atoms with van der Waals surface area (Å²) < 4.78 is 17.1. The lowest BCUT2D eigenvalue weighted by atomic mass is 9.69. The van der Waals surface area contributed by atoms with Crippen LogP contribution in [0, 0.1) is 17.7 Å². The molecule has 2 aromatic rings. The third-order valence-corrected chi connectivity index (χ3v) is 7.32. The fraction of sp³-hybridized carbons (Fsp3) is 0.520. The zero-order valence-corrected chi connectivity index (χ0v) is 18.4. The zero-order chi connectivity index (χ0) is 22.0. The van der Waals surface area contributed by atoms with E-state index < -0.39 is 5.60 Å². The third kappa shape index (κ3) is 4.59. The normalized spacial score (nSPS) is 21.2. The number of rotatable bonds is 6. The van der Waals surface area contributed by atoms with E-state index in [1.54, 1.807) is 23.1 Å². The number of aromatic nitrogens is 3. The van der Waals surface area contributed by atoms with Gasteiger partial charge in [-0.05, 0) is 62.5 Å². The lowest BCUT2D eigenvalue weighted by Crippen LogP contribution is -2.43. The smallest absolute Gasteiger partial charge is 0.137 e. The van der Waals surface area contributed by atoms with Crippen LogP contribution in [0.15, 0.2) is 55.2 Å². The van der Waals surface area contributed by atoms with E-state index in [0.29, 0.717) is 11.5 Å². The Hall–Kier alpha value is -2.47. The number of halogens is 1. The van der Waals surface area contributed by atoms with Crippen LogP contribution in [-0.2, 0) is 12.1 Å². The quantitative estimate of drug-likeness (QED) is 0.674. The third-order valence-electron chi connectivity index (χ3n) is 7.32. The van der Waals surface area contributed by atoms with Crippen LogP contribution in [0.25, 0.3) is 0 Å². The van der Waals surface area contributed by atoms with Crippen molar-refractivity contribution in [1.29, 1.82) is 0 Å². The molecule has 1 aromatic heterocycles. The van der Waals surface area contributed by atoms with Crippen LogP contribution >= 0.6 is 0 Å². The highest BCUT2D eigenvalue weighted by Crippen LogP contribution is 2.43. The fourth-order valence-electron chi connectivity index (χ4n) is 5.11. The molecule has 2 aliphatic rings. The molecule has 5 nitrogen and oxygen atoms in total. The fourth-order valence-corrected chi connectivity index (χ4v) is 5.11. The van der Waals surface area contributed by atoms with Crippen LogP contribution in [-0.4, -0.2) is 33.0 Å². The van der Waals surface area contributed by atoms with Gasteiger partial charge in [0, 0.05) is 24.3 Å². The highest BCUT2D eigenvalue weighted by atomic mass is 19.1. The molecule has 0 amide bonds. The Morgan fingerprint density at radius 1 is 1.16 bits per heavy atom. The summed E-state index contributed by atoms with van der Waals surface area (Å²) in [6.45, 7) is 12.1. The van der Waals surface area contributed by atoms with Crippen molar-refractivity contribution in [3.05, 3.63) is 66.5 Å². The first kappa shape index (κ1) is 21.8. The first-order chi connectivity index (χ1) is 14.9. The van der Waals surface area contributed by atoms with Gasteiger partial charge in [-0.15, -0.1) is 0 Å². The van der Waals surface area contributed by atoms with E-state index in [4.69, 9.17) is 0 Å². The molecule has 166 valence electrons. The van der Waals surface area contributed by atoms with Gasteiger partial charge < -0.3 is 10.0 Å². The molecule has 2 heterocycles. The second-order valence-corrected chi connectivity index (χ2v) is 9.29. The number of nitrogens with zero attached hydrogens (tertiary/aromatic N) is 4. The number of hydrogen-bond donors (Lipinski definition) is 1. The van der Waals surface area contributed by atoms with Crippen molar-refractivity contribution < 1.29 is 9.50 Å². The monoisotopic (exact) mass is 424 g/mol.